The molecule has 0 spiro atoms. The molecule has 0 saturated carbocycles. The standard InChI is InChI=1S/C30H27N4O6P/c1-21-27(31-29(40-21)22-9-5-3-6-10-22)20-39-26-15-13-23(14-16-26)30(35)33(2)28-24(17-18-41(36,37)38)19-34(32-28)25-11-7-4-8-12-25/h3-19H,20H2,1-2H3,(H2,36,37,38). The van der Waals surface area contributed by atoms with Gasteiger partial charge in [0.2, 0.25) is 5.89 Å². The zero-order valence-corrected chi connectivity index (χ0v) is 23.2. The molecule has 2 N–H and O–H groups in total. The lowest BCUT2D eigenvalue weighted by molar-refractivity contribution is 0.0992. The number of ether oxygens (including phenoxy) is 1. The molecule has 11 heteroatoms. The molecule has 0 saturated heterocycles. The predicted molar refractivity (Wildman–Crippen MR) is 155 cm³/mol. The highest BCUT2D eigenvalue weighted by atomic mass is 31.2. The number of nitrogens with zero attached hydrogens (tertiary/aromatic N) is 4. The van der Waals surface area contributed by atoms with E-state index in [-0.39, 0.29) is 18.3 Å². The third-order valence-electron chi connectivity index (χ3n) is 6.20. The summed E-state index contributed by atoms with van der Waals surface area (Å²) in [6.45, 7) is 2.03. The first-order valence-corrected chi connectivity index (χ1v) is 14.3. The number of amides is 1. The maximum Gasteiger partial charge on any atom is 0.349 e. The number of anilines is 1. The van der Waals surface area contributed by atoms with Crippen LogP contribution in [0.4, 0.5) is 5.82 Å². The Kier molecular flexibility index (Phi) is 7.98. The van der Waals surface area contributed by atoms with Crippen molar-refractivity contribution in [3.8, 4) is 22.9 Å². The van der Waals surface area contributed by atoms with E-state index in [1.807, 2.05) is 67.6 Å². The quantitative estimate of drug-likeness (QED) is 0.211. The number of hydrogen-bond acceptors (Lipinski definition) is 6. The fourth-order valence-corrected chi connectivity index (χ4v) is 4.40. The number of carbonyl (C=O) groups excluding carboxylic acids is 1. The third kappa shape index (κ3) is 6.70. The molecule has 5 aromatic rings. The van der Waals surface area contributed by atoms with Gasteiger partial charge in [-0.25, -0.2) is 9.67 Å². The Labute approximate surface area is 236 Å². The summed E-state index contributed by atoms with van der Waals surface area (Å²) in [5.74, 6) is 2.39. The highest BCUT2D eigenvalue weighted by Crippen LogP contribution is 2.38. The average molecular weight is 571 g/mol. The molecular formula is C30H27N4O6P. The van der Waals surface area contributed by atoms with Gasteiger partial charge in [0, 0.05) is 35.8 Å². The first kappa shape index (κ1) is 27.8. The molecule has 0 atom stereocenters. The summed E-state index contributed by atoms with van der Waals surface area (Å²) in [5, 5.41) is 4.52. The Hall–Kier alpha value is -4.76. The van der Waals surface area contributed by atoms with Crippen molar-refractivity contribution in [3.63, 3.8) is 0 Å². The van der Waals surface area contributed by atoms with Crippen molar-refractivity contribution in [2.75, 3.05) is 11.9 Å². The first-order valence-electron chi connectivity index (χ1n) is 12.6. The van der Waals surface area contributed by atoms with E-state index in [1.165, 1.54) is 11.0 Å². The van der Waals surface area contributed by atoms with Crippen molar-refractivity contribution in [1.82, 2.24) is 14.8 Å². The molecule has 1 amide bonds. The largest absolute Gasteiger partial charge is 0.487 e. The van der Waals surface area contributed by atoms with Gasteiger partial charge in [-0.05, 0) is 61.5 Å². The van der Waals surface area contributed by atoms with Gasteiger partial charge in [-0.3, -0.25) is 14.3 Å². The molecule has 0 aliphatic heterocycles. The van der Waals surface area contributed by atoms with Crippen LogP contribution < -0.4 is 9.64 Å². The van der Waals surface area contributed by atoms with E-state index in [2.05, 4.69) is 10.1 Å². The van der Waals surface area contributed by atoms with Crippen molar-refractivity contribution in [3.05, 3.63) is 120 Å². The lowest BCUT2D eigenvalue weighted by atomic mass is 10.2. The molecule has 0 bridgehead atoms. The molecule has 0 aliphatic carbocycles. The molecule has 0 unspecified atom stereocenters. The van der Waals surface area contributed by atoms with Crippen LogP contribution in [0.3, 0.4) is 0 Å². The summed E-state index contributed by atoms with van der Waals surface area (Å²) in [5.41, 5.74) is 3.02. The minimum atomic E-state index is -4.42. The number of aryl methyl sites for hydroxylation is 1. The molecular weight excluding hydrogens is 543 g/mol. The van der Waals surface area contributed by atoms with Crippen LogP contribution in [-0.4, -0.2) is 37.5 Å². The molecule has 5 rings (SSSR count). The van der Waals surface area contributed by atoms with Gasteiger partial charge in [0.15, 0.2) is 5.82 Å². The van der Waals surface area contributed by atoms with Crippen LogP contribution in [-0.2, 0) is 11.2 Å². The van der Waals surface area contributed by atoms with E-state index in [9.17, 15) is 19.1 Å². The van der Waals surface area contributed by atoms with Gasteiger partial charge in [-0.15, -0.1) is 5.10 Å². The predicted octanol–water partition coefficient (Wildman–Crippen LogP) is 5.84. The van der Waals surface area contributed by atoms with Crippen molar-refractivity contribution in [2.24, 2.45) is 0 Å². The van der Waals surface area contributed by atoms with Crippen LogP contribution in [0.2, 0.25) is 0 Å². The fourth-order valence-electron chi connectivity index (χ4n) is 4.05. The second-order valence-corrected chi connectivity index (χ2v) is 10.6. The van der Waals surface area contributed by atoms with E-state index in [0.717, 1.165) is 17.1 Å². The number of carbonyl (C=O) groups is 1. The van der Waals surface area contributed by atoms with E-state index in [1.54, 1.807) is 42.2 Å². The Morgan fingerprint density at radius 1 is 1.02 bits per heavy atom. The molecule has 2 aromatic heterocycles. The number of hydrogen-bond donors (Lipinski definition) is 2. The van der Waals surface area contributed by atoms with Gasteiger partial charge in [-0.1, -0.05) is 36.4 Å². The third-order valence-corrected chi connectivity index (χ3v) is 6.74. The Bertz CT molecular complexity index is 1720. The van der Waals surface area contributed by atoms with E-state index in [4.69, 9.17) is 9.15 Å². The molecule has 2 heterocycles. The number of rotatable bonds is 9. The molecule has 10 nitrogen and oxygen atoms in total. The molecule has 208 valence electrons. The lowest BCUT2D eigenvalue weighted by Gasteiger charge is -2.16. The topological polar surface area (TPSA) is 131 Å². The molecule has 0 radical (unpaired) electrons. The van der Waals surface area contributed by atoms with E-state index >= 15 is 0 Å². The Balaban J connectivity index is 1.31. The monoisotopic (exact) mass is 570 g/mol. The maximum atomic E-state index is 13.4. The number of oxazole rings is 1. The molecule has 0 aliphatic rings. The smallest absolute Gasteiger partial charge is 0.349 e. The van der Waals surface area contributed by atoms with Crippen molar-refractivity contribution in [2.45, 2.75) is 13.5 Å². The number of para-hydroxylation sites is 1. The maximum absolute atomic E-state index is 13.4. The van der Waals surface area contributed by atoms with E-state index in [0.29, 0.717) is 34.2 Å². The van der Waals surface area contributed by atoms with Crippen LogP contribution in [0, 0.1) is 6.92 Å². The normalized spacial score (nSPS) is 11.6. The Morgan fingerprint density at radius 3 is 2.34 bits per heavy atom. The van der Waals surface area contributed by atoms with Crippen LogP contribution in [0.15, 0.2) is 101 Å². The zero-order valence-electron chi connectivity index (χ0n) is 22.3. The van der Waals surface area contributed by atoms with E-state index < -0.39 is 7.60 Å². The summed E-state index contributed by atoms with van der Waals surface area (Å²) in [4.78, 5) is 37.9. The second-order valence-electron chi connectivity index (χ2n) is 9.16. The van der Waals surface area contributed by atoms with Crippen molar-refractivity contribution < 1.29 is 28.3 Å². The van der Waals surface area contributed by atoms with Gasteiger partial charge in [0.25, 0.3) is 5.91 Å². The minimum Gasteiger partial charge on any atom is -0.487 e. The number of aromatic nitrogens is 3. The summed E-state index contributed by atoms with van der Waals surface area (Å²) < 4.78 is 24.7. The summed E-state index contributed by atoms with van der Waals surface area (Å²) in [7, 11) is -2.87. The van der Waals surface area contributed by atoms with Gasteiger partial charge in [-0.2, -0.15) is 0 Å². The summed E-state index contributed by atoms with van der Waals surface area (Å²) in [6, 6.07) is 25.5. The van der Waals surface area contributed by atoms with Crippen molar-refractivity contribution >= 4 is 25.4 Å². The van der Waals surface area contributed by atoms with Crippen LogP contribution in [0.5, 0.6) is 5.75 Å². The van der Waals surface area contributed by atoms with Crippen LogP contribution in [0.1, 0.15) is 27.4 Å². The first-order chi connectivity index (χ1) is 19.7. The van der Waals surface area contributed by atoms with Crippen molar-refractivity contribution in [1.29, 1.82) is 0 Å². The highest BCUT2D eigenvalue weighted by molar-refractivity contribution is 7.55. The van der Waals surface area contributed by atoms with Gasteiger partial charge in [0.1, 0.15) is 23.8 Å². The van der Waals surface area contributed by atoms with Crippen LogP contribution >= 0.6 is 7.60 Å². The highest BCUT2D eigenvalue weighted by Gasteiger charge is 2.21. The SMILES string of the molecule is Cc1oc(-c2ccccc2)nc1COc1ccc(C(=O)N(C)c2nn(-c3ccccc3)cc2C=CP(=O)(O)O)cc1. The molecule has 41 heavy (non-hydrogen) atoms. The summed E-state index contributed by atoms with van der Waals surface area (Å²) in [6.07, 6.45) is 2.87. The number of benzene rings is 3. The Morgan fingerprint density at radius 2 is 1.68 bits per heavy atom. The summed E-state index contributed by atoms with van der Waals surface area (Å²) >= 11 is 0. The lowest BCUT2D eigenvalue weighted by Crippen LogP contribution is -2.27. The molecule has 3 aromatic carbocycles. The zero-order chi connectivity index (χ0) is 29.0. The van der Waals surface area contributed by atoms with Crippen LogP contribution in [0.25, 0.3) is 23.2 Å². The minimum absolute atomic E-state index is 0.196. The fraction of sp³-hybridized carbons (Fsp3) is 0.100. The van der Waals surface area contributed by atoms with Gasteiger partial charge in [0.05, 0.1) is 5.69 Å². The second kappa shape index (κ2) is 11.8. The van der Waals surface area contributed by atoms with Gasteiger partial charge >= 0.3 is 7.60 Å². The van der Waals surface area contributed by atoms with Gasteiger partial charge < -0.3 is 18.9 Å². The molecule has 0 fully saturated rings. The average Bonchev–Trinajstić information content (AvgIpc) is 3.58.